The van der Waals surface area contributed by atoms with E-state index in [-0.39, 0.29) is 5.91 Å². The first-order valence-corrected chi connectivity index (χ1v) is 5.44. The molecule has 0 saturated carbocycles. The molecule has 84 valence electrons. The quantitative estimate of drug-likeness (QED) is 0.725. The predicted molar refractivity (Wildman–Crippen MR) is 64.6 cm³/mol. The molecule has 1 N–H and O–H groups in total. The number of rotatable bonds is 2. The van der Waals surface area contributed by atoms with Gasteiger partial charge in [-0.15, -0.1) is 0 Å². The van der Waals surface area contributed by atoms with Crippen LogP contribution in [0, 0.1) is 0 Å². The molecule has 2 aromatic heterocycles. The molecule has 0 spiro atoms. The molecular formula is C13H11N3O. The van der Waals surface area contributed by atoms with Crippen molar-refractivity contribution in [1.29, 1.82) is 0 Å². The van der Waals surface area contributed by atoms with Crippen LogP contribution in [0.2, 0.25) is 0 Å². The number of nitrogens with one attached hydrogen (secondary N) is 1. The van der Waals surface area contributed by atoms with Crippen molar-refractivity contribution in [2.24, 2.45) is 0 Å². The summed E-state index contributed by atoms with van der Waals surface area (Å²) in [6, 6.07) is 5.90. The normalized spacial score (nSPS) is 11.8. The van der Waals surface area contributed by atoms with Crippen molar-refractivity contribution in [2.75, 3.05) is 5.32 Å². The molecule has 0 aromatic carbocycles. The summed E-state index contributed by atoms with van der Waals surface area (Å²) in [5, 5.41) is 2.67. The highest BCUT2D eigenvalue weighted by Crippen LogP contribution is 2.30. The lowest BCUT2D eigenvalue weighted by atomic mass is 10.1. The van der Waals surface area contributed by atoms with Crippen molar-refractivity contribution < 1.29 is 4.79 Å². The Morgan fingerprint density at radius 3 is 2.94 bits per heavy atom. The number of hydrogen-bond donors (Lipinski definition) is 1. The highest BCUT2D eigenvalue weighted by molar-refractivity contribution is 5.88. The smallest absolute Gasteiger partial charge is 0.222 e. The number of carbonyl (C=O) groups excluding carboxylic acids is 1. The molecule has 17 heavy (non-hydrogen) atoms. The Bertz CT molecular complexity index is 607. The standard InChI is InChI=1S/C13H11N3O/c1-8(17)16-13-6-9(2-3-14-13)11-4-10-5-12(10)15-7-11/h2-4,6-7H,5H2,1H3,(H,14,16,17). The van der Waals surface area contributed by atoms with E-state index in [1.165, 1.54) is 18.2 Å². The van der Waals surface area contributed by atoms with Gasteiger partial charge in [0.2, 0.25) is 5.91 Å². The molecule has 0 fully saturated rings. The number of anilines is 1. The molecule has 0 aliphatic heterocycles. The summed E-state index contributed by atoms with van der Waals surface area (Å²) in [4.78, 5) is 19.4. The van der Waals surface area contributed by atoms with Crippen molar-refractivity contribution in [3.05, 3.63) is 41.9 Å². The molecule has 0 bridgehead atoms. The van der Waals surface area contributed by atoms with E-state index >= 15 is 0 Å². The van der Waals surface area contributed by atoms with Gasteiger partial charge in [0, 0.05) is 37.0 Å². The summed E-state index contributed by atoms with van der Waals surface area (Å²) >= 11 is 0. The van der Waals surface area contributed by atoms with Crippen molar-refractivity contribution in [1.82, 2.24) is 9.97 Å². The van der Waals surface area contributed by atoms with Crippen molar-refractivity contribution >= 4 is 11.7 Å². The zero-order chi connectivity index (χ0) is 11.8. The van der Waals surface area contributed by atoms with Gasteiger partial charge in [-0.05, 0) is 29.3 Å². The van der Waals surface area contributed by atoms with Crippen LogP contribution in [0.1, 0.15) is 18.2 Å². The van der Waals surface area contributed by atoms with E-state index in [4.69, 9.17) is 0 Å². The second-order valence-corrected chi connectivity index (χ2v) is 4.12. The maximum atomic E-state index is 11.0. The molecule has 4 heteroatoms. The largest absolute Gasteiger partial charge is 0.311 e. The van der Waals surface area contributed by atoms with E-state index in [0.29, 0.717) is 5.82 Å². The van der Waals surface area contributed by atoms with Gasteiger partial charge < -0.3 is 5.32 Å². The van der Waals surface area contributed by atoms with E-state index < -0.39 is 0 Å². The molecule has 0 unspecified atom stereocenters. The molecule has 0 radical (unpaired) electrons. The van der Waals surface area contributed by atoms with Crippen LogP contribution in [0.15, 0.2) is 30.6 Å². The Kier molecular flexibility index (Phi) is 2.14. The van der Waals surface area contributed by atoms with Crippen molar-refractivity contribution in [3.8, 4) is 11.1 Å². The minimum atomic E-state index is -0.117. The van der Waals surface area contributed by atoms with Gasteiger partial charge in [0.05, 0.1) is 0 Å². The van der Waals surface area contributed by atoms with Crippen LogP contribution in [0.4, 0.5) is 5.82 Å². The number of pyridine rings is 2. The topological polar surface area (TPSA) is 54.9 Å². The van der Waals surface area contributed by atoms with Crippen LogP contribution in [-0.2, 0) is 11.2 Å². The van der Waals surface area contributed by atoms with Crippen molar-refractivity contribution in [3.63, 3.8) is 0 Å². The molecule has 0 saturated heterocycles. The summed E-state index contributed by atoms with van der Waals surface area (Å²) in [5.41, 5.74) is 4.58. The van der Waals surface area contributed by atoms with Gasteiger partial charge >= 0.3 is 0 Å². The minimum absolute atomic E-state index is 0.117. The van der Waals surface area contributed by atoms with E-state index in [9.17, 15) is 4.79 Å². The number of amides is 1. The predicted octanol–water partition coefficient (Wildman–Crippen LogP) is 2.01. The third-order valence-electron chi connectivity index (χ3n) is 2.69. The minimum Gasteiger partial charge on any atom is -0.311 e. The molecule has 1 aliphatic rings. The molecule has 4 nitrogen and oxygen atoms in total. The van der Waals surface area contributed by atoms with Crippen LogP contribution in [0.3, 0.4) is 0 Å². The lowest BCUT2D eigenvalue weighted by Crippen LogP contribution is -2.07. The number of nitrogens with zero attached hydrogens (tertiary/aromatic N) is 2. The summed E-state index contributed by atoms with van der Waals surface area (Å²) in [6.07, 6.45) is 4.55. The lowest BCUT2D eigenvalue weighted by Gasteiger charge is -2.04. The molecule has 3 rings (SSSR count). The van der Waals surface area contributed by atoms with E-state index in [0.717, 1.165) is 17.5 Å². The van der Waals surface area contributed by atoms with Gasteiger partial charge in [-0.3, -0.25) is 9.78 Å². The Morgan fingerprint density at radius 1 is 1.29 bits per heavy atom. The lowest BCUT2D eigenvalue weighted by molar-refractivity contribution is -0.114. The van der Waals surface area contributed by atoms with Crippen LogP contribution < -0.4 is 5.32 Å². The van der Waals surface area contributed by atoms with Crippen LogP contribution in [0.5, 0.6) is 0 Å². The third kappa shape index (κ3) is 2.01. The number of aromatic nitrogens is 2. The fourth-order valence-corrected chi connectivity index (χ4v) is 1.79. The summed E-state index contributed by atoms with van der Waals surface area (Å²) in [7, 11) is 0. The highest BCUT2D eigenvalue weighted by atomic mass is 16.1. The van der Waals surface area contributed by atoms with Gasteiger partial charge in [-0.1, -0.05) is 0 Å². The average Bonchev–Trinajstić information content (AvgIpc) is 3.06. The van der Waals surface area contributed by atoms with E-state index in [1.807, 2.05) is 18.3 Å². The third-order valence-corrected chi connectivity index (χ3v) is 2.69. The second-order valence-electron chi connectivity index (χ2n) is 4.12. The molecule has 0 atom stereocenters. The Hall–Kier alpha value is -2.23. The monoisotopic (exact) mass is 225 g/mol. The molecular weight excluding hydrogens is 214 g/mol. The van der Waals surface area contributed by atoms with Crippen molar-refractivity contribution in [2.45, 2.75) is 13.3 Å². The maximum absolute atomic E-state index is 11.0. The molecule has 1 aliphatic carbocycles. The zero-order valence-corrected chi connectivity index (χ0v) is 9.40. The molecule has 1 amide bonds. The van der Waals surface area contributed by atoms with E-state index in [1.54, 1.807) is 6.20 Å². The van der Waals surface area contributed by atoms with Gasteiger partial charge in [0.1, 0.15) is 5.82 Å². The fraction of sp³-hybridized carbons (Fsp3) is 0.154. The molecule has 2 heterocycles. The molecule has 2 aromatic rings. The van der Waals surface area contributed by atoms with Crippen LogP contribution >= 0.6 is 0 Å². The SMILES string of the molecule is CC(=O)Nc1cc(-c2cnc3c(c2)C3)ccn1. The number of carbonyl (C=O) groups is 1. The summed E-state index contributed by atoms with van der Waals surface area (Å²) < 4.78 is 0. The van der Waals surface area contributed by atoms with E-state index in [2.05, 4.69) is 21.4 Å². The van der Waals surface area contributed by atoms with Crippen LogP contribution in [0.25, 0.3) is 11.1 Å². The number of hydrogen-bond acceptors (Lipinski definition) is 3. The maximum Gasteiger partial charge on any atom is 0.222 e. The Morgan fingerprint density at radius 2 is 2.18 bits per heavy atom. The number of fused-ring (bicyclic) bond motifs is 1. The highest BCUT2D eigenvalue weighted by Gasteiger charge is 2.18. The Balaban J connectivity index is 1.95. The first kappa shape index (κ1) is 9.96. The fourth-order valence-electron chi connectivity index (χ4n) is 1.79. The first-order chi connectivity index (χ1) is 8.22. The summed E-state index contributed by atoms with van der Waals surface area (Å²) in [6.45, 7) is 1.47. The second kappa shape index (κ2) is 3.66. The first-order valence-electron chi connectivity index (χ1n) is 5.44. The average molecular weight is 225 g/mol. The van der Waals surface area contributed by atoms with Crippen LogP contribution in [-0.4, -0.2) is 15.9 Å². The Labute approximate surface area is 98.7 Å². The zero-order valence-electron chi connectivity index (χ0n) is 9.40. The van der Waals surface area contributed by atoms with Gasteiger partial charge in [0.15, 0.2) is 0 Å². The van der Waals surface area contributed by atoms with Gasteiger partial charge in [-0.25, -0.2) is 4.98 Å². The van der Waals surface area contributed by atoms with Gasteiger partial charge in [0.25, 0.3) is 0 Å². The van der Waals surface area contributed by atoms with Gasteiger partial charge in [-0.2, -0.15) is 0 Å². The summed E-state index contributed by atoms with van der Waals surface area (Å²) in [5.74, 6) is 0.452.